The van der Waals surface area contributed by atoms with E-state index in [0.717, 1.165) is 6.54 Å². The first-order valence-electron chi connectivity index (χ1n) is 6.13. The van der Waals surface area contributed by atoms with Gasteiger partial charge in [0.1, 0.15) is 6.54 Å². The molecule has 0 unspecified atom stereocenters. The lowest BCUT2D eigenvalue weighted by Gasteiger charge is -2.26. The molecule has 0 aromatic carbocycles. The van der Waals surface area contributed by atoms with E-state index in [4.69, 9.17) is 5.73 Å². The quantitative estimate of drug-likeness (QED) is 0.833. The van der Waals surface area contributed by atoms with Crippen LogP contribution < -0.4 is 5.73 Å². The third-order valence-corrected chi connectivity index (χ3v) is 3.05. The number of rotatable bonds is 5. The fourth-order valence-electron chi connectivity index (χ4n) is 1.87. The van der Waals surface area contributed by atoms with E-state index in [1.807, 2.05) is 4.90 Å². The maximum atomic E-state index is 12.2. The second-order valence-electron chi connectivity index (χ2n) is 5.05. The van der Waals surface area contributed by atoms with Gasteiger partial charge in [0.15, 0.2) is 0 Å². The number of nitrogens with two attached hydrogens (primary N) is 1. The summed E-state index contributed by atoms with van der Waals surface area (Å²) in [5, 5.41) is 4.04. The molecule has 1 aromatic rings. The Morgan fingerprint density at radius 3 is 2.82 bits per heavy atom. The van der Waals surface area contributed by atoms with Crippen molar-refractivity contribution in [3.8, 4) is 0 Å². The zero-order chi connectivity index (χ0) is 12.4. The number of carbonyl (C=O) groups excluding carboxylic acids is 1. The summed E-state index contributed by atoms with van der Waals surface area (Å²) in [5.74, 6) is 0.832. The van der Waals surface area contributed by atoms with E-state index in [9.17, 15) is 4.79 Å². The third-order valence-electron chi connectivity index (χ3n) is 3.05. The average molecular weight is 236 g/mol. The number of carbonyl (C=O) groups is 1. The van der Waals surface area contributed by atoms with Crippen molar-refractivity contribution in [1.29, 1.82) is 0 Å². The van der Waals surface area contributed by atoms with Gasteiger partial charge in [-0.2, -0.15) is 5.10 Å². The minimum Gasteiger partial charge on any atom is -0.396 e. The summed E-state index contributed by atoms with van der Waals surface area (Å²) in [6.45, 7) is 5.27. The number of aromatic nitrogens is 2. The van der Waals surface area contributed by atoms with Gasteiger partial charge in [-0.15, -0.1) is 0 Å². The van der Waals surface area contributed by atoms with Gasteiger partial charge in [-0.25, -0.2) is 0 Å². The van der Waals surface area contributed by atoms with Crippen LogP contribution in [0.4, 0.5) is 5.69 Å². The Hall–Kier alpha value is -1.52. The van der Waals surface area contributed by atoms with Crippen molar-refractivity contribution in [1.82, 2.24) is 14.7 Å². The molecule has 0 aliphatic heterocycles. The van der Waals surface area contributed by atoms with Gasteiger partial charge in [0, 0.05) is 18.8 Å². The maximum absolute atomic E-state index is 12.2. The van der Waals surface area contributed by atoms with Crippen LogP contribution in [0.2, 0.25) is 0 Å². The standard InChI is InChI=1S/C12H20N4O/c1-9(2)16(6-10-3-4-10)12(17)8-15-7-11(13)5-14-15/h5,7,9-10H,3-4,6,8,13H2,1-2H3. The molecule has 0 atom stereocenters. The number of nitrogens with zero attached hydrogens (tertiary/aromatic N) is 3. The van der Waals surface area contributed by atoms with Gasteiger partial charge < -0.3 is 10.6 Å². The Labute approximate surface area is 102 Å². The summed E-state index contributed by atoms with van der Waals surface area (Å²) >= 11 is 0. The highest BCUT2D eigenvalue weighted by molar-refractivity contribution is 5.76. The van der Waals surface area contributed by atoms with Crippen molar-refractivity contribution >= 4 is 11.6 Å². The summed E-state index contributed by atoms with van der Waals surface area (Å²) in [7, 11) is 0. The molecule has 5 heteroatoms. The van der Waals surface area contributed by atoms with Crippen LogP contribution in [-0.4, -0.2) is 33.2 Å². The molecule has 1 amide bonds. The lowest BCUT2D eigenvalue weighted by Crippen LogP contribution is -2.40. The second-order valence-corrected chi connectivity index (χ2v) is 5.05. The Balaban J connectivity index is 1.95. The van der Waals surface area contributed by atoms with Crippen molar-refractivity contribution in [3.05, 3.63) is 12.4 Å². The van der Waals surface area contributed by atoms with E-state index in [0.29, 0.717) is 11.6 Å². The minimum absolute atomic E-state index is 0.120. The molecule has 1 saturated carbocycles. The van der Waals surface area contributed by atoms with E-state index in [1.165, 1.54) is 12.8 Å². The number of nitrogen functional groups attached to an aromatic ring is 1. The Morgan fingerprint density at radius 1 is 1.65 bits per heavy atom. The predicted molar refractivity (Wildman–Crippen MR) is 66.2 cm³/mol. The Kier molecular flexibility index (Phi) is 3.36. The molecule has 1 heterocycles. The zero-order valence-electron chi connectivity index (χ0n) is 10.5. The SMILES string of the molecule is CC(C)N(CC1CC1)C(=O)Cn1cc(N)cn1. The summed E-state index contributed by atoms with van der Waals surface area (Å²) in [5.41, 5.74) is 6.17. The third kappa shape index (κ3) is 3.22. The molecule has 17 heavy (non-hydrogen) atoms. The van der Waals surface area contributed by atoms with Gasteiger partial charge in [-0.1, -0.05) is 0 Å². The highest BCUT2D eigenvalue weighted by Gasteiger charge is 2.28. The molecule has 2 N–H and O–H groups in total. The lowest BCUT2D eigenvalue weighted by molar-refractivity contribution is -0.134. The monoisotopic (exact) mass is 236 g/mol. The molecule has 94 valence electrons. The molecule has 1 aliphatic rings. The first-order chi connectivity index (χ1) is 8.06. The topological polar surface area (TPSA) is 64.2 Å². The first kappa shape index (κ1) is 12.0. The molecule has 5 nitrogen and oxygen atoms in total. The van der Waals surface area contributed by atoms with Crippen LogP contribution in [0.25, 0.3) is 0 Å². The van der Waals surface area contributed by atoms with Gasteiger partial charge in [0.05, 0.1) is 11.9 Å². The van der Waals surface area contributed by atoms with Crippen LogP contribution in [0.1, 0.15) is 26.7 Å². The normalized spacial score (nSPS) is 15.2. The van der Waals surface area contributed by atoms with Gasteiger partial charge in [0.2, 0.25) is 5.91 Å². The summed E-state index contributed by atoms with van der Waals surface area (Å²) in [6.07, 6.45) is 5.76. The number of hydrogen-bond donors (Lipinski definition) is 1. The highest BCUT2D eigenvalue weighted by Crippen LogP contribution is 2.30. The van der Waals surface area contributed by atoms with Crippen LogP contribution >= 0.6 is 0 Å². The van der Waals surface area contributed by atoms with Crippen molar-refractivity contribution in [3.63, 3.8) is 0 Å². The molecule has 0 spiro atoms. The van der Waals surface area contributed by atoms with Crippen LogP contribution in [-0.2, 0) is 11.3 Å². The Morgan fingerprint density at radius 2 is 2.35 bits per heavy atom. The highest BCUT2D eigenvalue weighted by atomic mass is 16.2. The summed E-state index contributed by atoms with van der Waals surface area (Å²) in [6, 6.07) is 0.246. The number of amides is 1. The molecule has 2 rings (SSSR count). The van der Waals surface area contributed by atoms with Crippen LogP contribution in [0, 0.1) is 5.92 Å². The maximum Gasteiger partial charge on any atom is 0.244 e. The summed E-state index contributed by atoms with van der Waals surface area (Å²) in [4.78, 5) is 14.1. The van der Waals surface area contributed by atoms with Crippen LogP contribution in [0.5, 0.6) is 0 Å². The van der Waals surface area contributed by atoms with E-state index in [1.54, 1.807) is 17.1 Å². The van der Waals surface area contributed by atoms with Gasteiger partial charge >= 0.3 is 0 Å². The second kappa shape index (κ2) is 4.77. The molecule has 1 fully saturated rings. The molecule has 0 radical (unpaired) electrons. The fourth-order valence-corrected chi connectivity index (χ4v) is 1.87. The molecule has 0 bridgehead atoms. The molecule has 1 aromatic heterocycles. The lowest BCUT2D eigenvalue weighted by atomic mass is 10.2. The number of anilines is 1. The van der Waals surface area contributed by atoms with Crippen LogP contribution in [0.3, 0.4) is 0 Å². The molecular weight excluding hydrogens is 216 g/mol. The smallest absolute Gasteiger partial charge is 0.244 e. The van der Waals surface area contributed by atoms with Gasteiger partial charge in [0.25, 0.3) is 0 Å². The van der Waals surface area contributed by atoms with Crippen LogP contribution in [0.15, 0.2) is 12.4 Å². The van der Waals surface area contributed by atoms with E-state index in [-0.39, 0.29) is 18.5 Å². The van der Waals surface area contributed by atoms with Crippen molar-refractivity contribution < 1.29 is 4.79 Å². The number of hydrogen-bond acceptors (Lipinski definition) is 3. The van der Waals surface area contributed by atoms with Crippen molar-refractivity contribution in [2.24, 2.45) is 5.92 Å². The largest absolute Gasteiger partial charge is 0.396 e. The molecular formula is C12H20N4O. The fraction of sp³-hybridized carbons (Fsp3) is 0.667. The Bertz CT molecular complexity index is 395. The zero-order valence-corrected chi connectivity index (χ0v) is 10.5. The van der Waals surface area contributed by atoms with Gasteiger partial charge in [-0.3, -0.25) is 9.48 Å². The molecule has 1 aliphatic carbocycles. The molecule has 0 saturated heterocycles. The van der Waals surface area contributed by atoms with Crippen molar-refractivity contribution in [2.45, 2.75) is 39.3 Å². The van der Waals surface area contributed by atoms with E-state index < -0.39 is 0 Å². The minimum atomic E-state index is 0.120. The van der Waals surface area contributed by atoms with Gasteiger partial charge in [-0.05, 0) is 32.6 Å². The van der Waals surface area contributed by atoms with E-state index >= 15 is 0 Å². The van der Waals surface area contributed by atoms with E-state index in [2.05, 4.69) is 18.9 Å². The predicted octanol–water partition coefficient (Wildman–Crippen LogP) is 1.11. The average Bonchev–Trinajstić information content (AvgIpc) is 2.98. The summed E-state index contributed by atoms with van der Waals surface area (Å²) < 4.78 is 1.60. The van der Waals surface area contributed by atoms with Crippen molar-refractivity contribution in [2.75, 3.05) is 12.3 Å². The first-order valence-corrected chi connectivity index (χ1v) is 6.13.